The van der Waals surface area contributed by atoms with E-state index >= 15 is 0 Å². The van der Waals surface area contributed by atoms with Gasteiger partial charge in [0.1, 0.15) is 11.9 Å². The predicted molar refractivity (Wildman–Crippen MR) is 17.8 cm³/mol. The van der Waals surface area contributed by atoms with Crippen LogP contribution < -0.4 is 10.2 Å². The van der Waals surface area contributed by atoms with Crippen LogP contribution in [0.2, 0.25) is 0 Å². The Hall–Kier alpha value is -0.981. The zero-order chi connectivity index (χ0) is 6.57. The van der Waals surface area contributed by atoms with Crippen molar-refractivity contribution in [1.82, 2.24) is 0 Å². The fourth-order valence-corrected chi connectivity index (χ4v) is 0.102. The van der Waals surface area contributed by atoms with Gasteiger partial charge in [0.2, 0.25) is 0 Å². The summed E-state index contributed by atoms with van der Waals surface area (Å²) in [5, 5.41) is 18.7. The largest absolute Gasteiger partial charge is 2.00 e. The summed E-state index contributed by atoms with van der Waals surface area (Å²) in [4.78, 5) is 18.7. The van der Waals surface area contributed by atoms with E-state index in [9.17, 15) is 19.8 Å². The Kier molecular flexibility index (Phi) is 6.25. The Morgan fingerprint density at radius 1 is 1.00 bits per heavy atom. The maximum Gasteiger partial charge on any atom is 2.00 e. The molecule has 0 fully saturated rings. The topological polar surface area (TPSA) is 80.3 Å². The summed E-state index contributed by atoms with van der Waals surface area (Å²) in [5.74, 6) is -0.978. The monoisotopic (exact) mass is 168 g/mol. The van der Waals surface area contributed by atoms with Gasteiger partial charge >= 0.3 is 17.1 Å². The standard InChI is InChI=1S/C4H2O4.Fe/c5-3(6)1-2-4(7)8;/h(H,5,6)(H,7,8);/q;+2/p-2. The molecule has 0 aliphatic rings. The van der Waals surface area contributed by atoms with Crippen LogP contribution in [0.1, 0.15) is 0 Å². The summed E-state index contributed by atoms with van der Waals surface area (Å²) < 4.78 is 0. The molecule has 5 heteroatoms. The number of carboxylic acid groups (broad SMARTS) is 2. The number of carboxylic acids is 2. The van der Waals surface area contributed by atoms with Crippen LogP contribution in [0.15, 0.2) is 0 Å². The minimum Gasteiger partial charge on any atom is -0.537 e. The minimum absolute atomic E-state index is 0. The van der Waals surface area contributed by atoms with E-state index in [1.54, 1.807) is 0 Å². The third-order valence-electron chi connectivity index (χ3n) is 0.267. The Morgan fingerprint density at radius 2 is 1.22 bits per heavy atom. The molecule has 0 N–H and O–H groups in total. The SMILES string of the molecule is O=C([O-])C#CC(=O)[O-].[Fe+2]. The van der Waals surface area contributed by atoms with Gasteiger partial charge in [-0.2, -0.15) is 0 Å². The smallest absolute Gasteiger partial charge is 0.537 e. The van der Waals surface area contributed by atoms with E-state index in [4.69, 9.17) is 0 Å². The Bertz CT molecular complexity index is 157. The van der Waals surface area contributed by atoms with Crippen molar-refractivity contribution >= 4 is 11.9 Å². The number of hydrogen-bond acceptors (Lipinski definition) is 4. The van der Waals surface area contributed by atoms with Gasteiger partial charge in [0.05, 0.1) is 0 Å². The maximum atomic E-state index is 9.33. The van der Waals surface area contributed by atoms with Gasteiger partial charge in [0.25, 0.3) is 0 Å². The molecule has 0 bridgehead atoms. The average Bonchev–Trinajstić information content (AvgIpc) is 1.61. The van der Waals surface area contributed by atoms with Gasteiger partial charge in [-0.15, -0.1) is 0 Å². The van der Waals surface area contributed by atoms with Gasteiger partial charge in [-0.3, -0.25) is 0 Å². The van der Waals surface area contributed by atoms with E-state index < -0.39 is 11.9 Å². The molecular weight excluding hydrogens is 168 g/mol. The van der Waals surface area contributed by atoms with Crippen molar-refractivity contribution in [2.24, 2.45) is 0 Å². The molecule has 0 saturated carbocycles. The van der Waals surface area contributed by atoms with Crippen LogP contribution in [0.25, 0.3) is 0 Å². The zero-order valence-electron chi connectivity index (χ0n) is 3.99. The van der Waals surface area contributed by atoms with Gasteiger partial charge < -0.3 is 19.8 Å². The second kappa shape index (κ2) is 5.16. The number of aliphatic carboxylic acids is 2. The van der Waals surface area contributed by atoms with Crippen LogP contribution in [0, 0.1) is 11.8 Å². The molecule has 0 spiro atoms. The van der Waals surface area contributed by atoms with Crippen LogP contribution in [0.3, 0.4) is 0 Å². The first-order valence-electron chi connectivity index (χ1n) is 1.57. The molecule has 0 aromatic heterocycles. The molecule has 0 saturated heterocycles. The molecule has 0 aromatic rings. The number of hydrogen-bond donors (Lipinski definition) is 0. The molecule has 0 rings (SSSR count). The maximum absolute atomic E-state index is 9.33. The minimum atomic E-state index is -1.73. The van der Waals surface area contributed by atoms with Crippen molar-refractivity contribution < 1.29 is 36.9 Å². The molecule has 0 radical (unpaired) electrons. The van der Waals surface area contributed by atoms with Gasteiger partial charge in [0, 0.05) is 0 Å². The molecule has 0 aromatic carbocycles. The molecule has 0 amide bonds. The first-order chi connectivity index (χ1) is 3.63. The summed E-state index contributed by atoms with van der Waals surface area (Å²) in [6.07, 6.45) is 0. The first kappa shape index (κ1) is 10.9. The summed E-state index contributed by atoms with van der Waals surface area (Å²) in [7, 11) is 0. The van der Waals surface area contributed by atoms with Crippen LogP contribution in [0.5, 0.6) is 0 Å². The molecule has 0 unspecified atom stereocenters. The zero-order valence-corrected chi connectivity index (χ0v) is 5.09. The van der Waals surface area contributed by atoms with Crippen LogP contribution in [-0.2, 0) is 26.7 Å². The quantitative estimate of drug-likeness (QED) is 0.277. The predicted octanol–water partition coefficient (Wildman–Crippen LogP) is -3.51. The Labute approximate surface area is 61.3 Å². The summed E-state index contributed by atoms with van der Waals surface area (Å²) >= 11 is 0. The molecular formula is C4FeO4. The van der Waals surface area contributed by atoms with Gasteiger partial charge in [0.15, 0.2) is 0 Å². The summed E-state index contributed by atoms with van der Waals surface area (Å²) in [6, 6.07) is 0. The van der Waals surface area contributed by atoms with Crippen molar-refractivity contribution in [3.8, 4) is 11.8 Å². The van der Waals surface area contributed by atoms with Crippen LogP contribution in [0.4, 0.5) is 0 Å². The molecule has 0 atom stereocenters. The fraction of sp³-hybridized carbons (Fsp3) is 0. The molecule has 4 nitrogen and oxygen atoms in total. The average molecular weight is 168 g/mol. The third kappa shape index (κ3) is 10.9. The molecule has 0 aliphatic heterocycles. The van der Waals surface area contributed by atoms with Gasteiger partial charge in [-0.1, -0.05) is 0 Å². The second-order valence-corrected chi connectivity index (χ2v) is 0.825. The van der Waals surface area contributed by atoms with Crippen molar-refractivity contribution in [2.45, 2.75) is 0 Å². The first-order valence-corrected chi connectivity index (χ1v) is 1.57. The van der Waals surface area contributed by atoms with Crippen molar-refractivity contribution in [1.29, 1.82) is 0 Å². The Balaban J connectivity index is 0. The molecule has 9 heavy (non-hydrogen) atoms. The van der Waals surface area contributed by atoms with Crippen molar-refractivity contribution in [3.05, 3.63) is 0 Å². The summed E-state index contributed by atoms with van der Waals surface area (Å²) in [6.45, 7) is 0. The van der Waals surface area contributed by atoms with E-state index in [-0.39, 0.29) is 17.1 Å². The summed E-state index contributed by atoms with van der Waals surface area (Å²) in [5.41, 5.74) is 0. The normalized spacial score (nSPS) is 5.78. The third-order valence-corrected chi connectivity index (χ3v) is 0.267. The van der Waals surface area contributed by atoms with Crippen LogP contribution in [-0.4, -0.2) is 11.9 Å². The van der Waals surface area contributed by atoms with Crippen molar-refractivity contribution in [2.75, 3.05) is 0 Å². The number of carbonyl (C=O) groups is 2. The number of rotatable bonds is 0. The van der Waals surface area contributed by atoms with E-state index in [0.717, 1.165) is 0 Å². The van der Waals surface area contributed by atoms with Crippen LogP contribution >= 0.6 is 0 Å². The van der Waals surface area contributed by atoms with E-state index in [1.165, 1.54) is 11.8 Å². The second-order valence-electron chi connectivity index (χ2n) is 0.825. The number of carbonyl (C=O) groups excluding carboxylic acids is 2. The van der Waals surface area contributed by atoms with E-state index in [0.29, 0.717) is 0 Å². The van der Waals surface area contributed by atoms with E-state index in [1.807, 2.05) is 0 Å². The molecule has 0 aliphatic carbocycles. The molecule has 0 heterocycles. The van der Waals surface area contributed by atoms with Gasteiger partial charge in [-0.25, -0.2) is 0 Å². The van der Waals surface area contributed by atoms with E-state index in [2.05, 4.69) is 0 Å². The van der Waals surface area contributed by atoms with Crippen molar-refractivity contribution in [3.63, 3.8) is 0 Å². The van der Waals surface area contributed by atoms with Gasteiger partial charge in [-0.05, 0) is 11.8 Å². The fourth-order valence-electron chi connectivity index (χ4n) is 0.102. The molecule has 48 valence electrons. The Morgan fingerprint density at radius 3 is 1.33 bits per heavy atom.